The molecule has 1 rings (SSSR count). The highest BCUT2D eigenvalue weighted by Crippen LogP contribution is 2.37. The molecule has 16 heavy (non-hydrogen) atoms. The number of allylic oxidation sites excluding steroid dienone is 2. The van der Waals surface area contributed by atoms with Crippen LogP contribution in [-0.2, 0) is 0 Å². The maximum atomic E-state index is 13.9. The monoisotopic (exact) mass is 227 g/mol. The summed E-state index contributed by atoms with van der Waals surface area (Å²) in [6, 6.07) is -1.19. The Morgan fingerprint density at radius 2 is 2.12 bits per heavy atom. The van der Waals surface area contributed by atoms with Gasteiger partial charge in [-0.2, -0.15) is 0 Å². The number of halogens is 1. The Labute approximate surface area is 95.2 Å². The van der Waals surface area contributed by atoms with E-state index in [1.807, 2.05) is 27.7 Å². The van der Waals surface area contributed by atoms with E-state index in [4.69, 9.17) is 0 Å². The lowest BCUT2D eigenvalue weighted by Crippen LogP contribution is -2.36. The van der Waals surface area contributed by atoms with Crippen molar-refractivity contribution in [2.24, 2.45) is 11.8 Å². The van der Waals surface area contributed by atoms with Crippen LogP contribution < -0.4 is 0 Å². The normalized spacial score (nSPS) is 26.0. The Morgan fingerprint density at radius 1 is 1.56 bits per heavy atom. The number of hydrogen-bond acceptors (Lipinski definition) is 2. The fourth-order valence-corrected chi connectivity index (χ4v) is 2.42. The van der Waals surface area contributed by atoms with Crippen LogP contribution in [0.1, 0.15) is 34.1 Å². The van der Waals surface area contributed by atoms with Crippen LogP contribution in [-0.4, -0.2) is 11.0 Å². The lowest BCUT2D eigenvalue weighted by Gasteiger charge is -2.28. The minimum atomic E-state index is -1.19. The first-order valence-electron chi connectivity index (χ1n) is 5.60. The van der Waals surface area contributed by atoms with Crippen molar-refractivity contribution in [3.63, 3.8) is 0 Å². The molecule has 4 heteroatoms. The Morgan fingerprint density at radius 3 is 2.50 bits per heavy atom. The molecule has 0 saturated heterocycles. The third-order valence-electron chi connectivity index (χ3n) is 3.16. The summed E-state index contributed by atoms with van der Waals surface area (Å²) < 4.78 is 13.9. The van der Waals surface area contributed by atoms with Crippen molar-refractivity contribution in [2.45, 2.75) is 40.2 Å². The molecule has 0 aromatic rings. The second-order valence-corrected chi connectivity index (χ2v) is 4.62. The Bertz CT molecular complexity index is 358. The summed E-state index contributed by atoms with van der Waals surface area (Å²) in [7, 11) is 0. The minimum absolute atomic E-state index is 0.0656. The number of nitrogens with zero attached hydrogens (tertiary/aromatic N) is 1. The molecule has 0 aliphatic heterocycles. The average molecular weight is 227 g/mol. The molecule has 0 radical (unpaired) electrons. The molecule has 2 unspecified atom stereocenters. The molecule has 2 atom stereocenters. The van der Waals surface area contributed by atoms with E-state index in [0.717, 1.165) is 5.57 Å². The number of rotatable bonds is 3. The Kier molecular flexibility index (Phi) is 3.83. The van der Waals surface area contributed by atoms with Crippen LogP contribution in [0.2, 0.25) is 0 Å². The van der Waals surface area contributed by atoms with Gasteiger partial charge < -0.3 is 0 Å². The van der Waals surface area contributed by atoms with Gasteiger partial charge in [0.1, 0.15) is 0 Å². The van der Waals surface area contributed by atoms with Gasteiger partial charge in [0.2, 0.25) is 0 Å². The smallest absolute Gasteiger partial charge is 0.264 e. The van der Waals surface area contributed by atoms with Crippen LogP contribution in [0.3, 0.4) is 0 Å². The van der Waals surface area contributed by atoms with Gasteiger partial charge in [-0.1, -0.05) is 32.4 Å². The van der Waals surface area contributed by atoms with Crippen molar-refractivity contribution in [1.29, 1.82) is 0 Å². The summed E-state index contributed by atoms with van der Waals surface area (Å²) in [5, 5.41) is 11.0. The Hall–Kier alpha value is -1.19. The summed E-state index contributed by atoms with van der Waals surface area (Å²) in [4.78, 5) is 10.5. The van der Waals surface area contributed by atoms with Crippen molar-refractivity contribution in [1.82, 2.24) is 0 Å². The minimum Gasteiger partial charge on any atom is -0.264 e. The van der Waals surface area contributed by atoms with Gasteiger partial charge in [-0.05, 0) is 24.8 Å². The predicted molar refractivity (Wildman–Crippen MR) is 61.3 cm³/mol. The van der Waals surface area contributed by atoms with Gasteiger partial charge in [0, 0.05) is 4.92 Å². The van der Waals surface area contributed by atoms with E-state index in [1.165, 1.54) is 0 Å². The molecule has 0 aromatic heterocycles. The van der Waals surface area contributed by atoms with E-state index >= 15 is 0 Å². The third kappa shape index (κ3) is 2.15. The van der Waals surface area contributed by atoms with E-state index in [0.29, 0.717) is 12.0 Å². The first kappa shape index (κ1) is 12.9. The van der Waals surface area contributed by atoms with Crippen molar-refractivity contribution < 1.29 is 9.31 Å². The summed E-state index contributed by atoms with van der Waals surface area (Å²) in [5.74, 6) is -0.821. The molecular weight excluding hydrogens is 209 g/mol. The molecule has 0 N–H and O–H groups in total. The van der Waals surface area contributed by atoms with Crippen LogP contribution in [0.15, 0.2) is 23.0 Å². The van der Waals surface area contributed by atoms with Crippen LogP contribution >= 0.6 is 0 Å². The fraction of sp³-hybridized carbons (Fsp3) is 0.667. The highest BCUT2D eigenvalue weighted by Gasteiger charge is 2.42. The molecule has 90 valence electrons. The SMILES string of the molecule is CCC1=C(F)C([N+](=O)[O-])C(C(C)C)C(C)=C1. The predicted octanol–water partition coefficient (Wildman–Crippen LogP) is 3.50. The quantitative estimate of drug-likeness (QED) is 0.547. The van der Waals surface area contributed by atoms with Crippen LogP contribution in [0, 0.1) is 22.0 Å². The summed E-state index contributed by atoms with van der Waals surface area (Å²) in [6.45, 7) is 7.44. The Balaban J connectivity index is 3.23. The zero-order valence-electron chi connectivity index (χ0n) is 10.2. The molecule has 1 aliphatic rings. The topological polar surface area (TPSA) is 43.1 Å². The molecule has 0 aromatic carbocycles. The van der Waals surface area contributed by atoms with E-state index < -0.39 is 16.8 Å². The maximum Gasteiger partial charge on any atom is 0.270 e. The second kappa shape index (κ2) is 4.76. The van der Waals surface area contributed by atoms with Gasteiger partial charge in [0.15, 0.2) is 5.83 Å². The molecule has 0 saturated carbocycles. The van der Waals surface area contributed by atoms with Gasteiger partial charge in [-0.15, -0.1) is 0 Å². The number of hydrogen-bond donors (Lipinski definition) is 0. The zero-order chi connectivity index (χ0) is 12.5. The van der Waals surface area contributed by atoms with Gasteiger partial charge in [-0.25, -0.2) is 4.39 Å². The van der Waals surface area contributed by atoms with Crippen LogP contribution in [0.4, 0.5) is 4.39 Å². The van der Waals surface area contributed by atoms with Crippen molar-refractivity contribution in [3.8, 4) is 0 Å². The molecule has 0 fully saturated rings. The van der Waals surface area contributed by atoms with Crippen LogP contribution in [0.25, 0.3) is 0 Å². The third-order valence-corrected chi connectivity index (χ3v) is 3.16. The molecule has 0 amide bonds. The van der Waals surface area contributed by atoms with Gasteiger partial charge >= 0.3 is 0 Å². The molecule has 3 nitrogen and oxygen atoms in total. The van der Waals surface area contributed by atoms with Crippen molar-refractivity contribution >= 4 is 0 Å². The standard InChI is InChI=1S/C12H18FNO2/c1-5-9-6-8(4)10(7(2)3)12(11(9)13)14(15)16/h6-7,10,12H,5H2,1-4H3. The second-order valence-electron chi connectivity index (χ2n) is 4.62. The van der Waals surface area contributed by atoms with Gasteiger partial charge in [0.05, 0.1) is 5.92 Å². The van der Waals surface area contributed by atoms with E-state index in [2.05, 4.69) is 0 Å². The lowest BCUT2D eigenvalue weighted by atomic mass is 9.77. The highest BCUT2D eigenvalue weighted by molar-refractivity contribution is 5.34. The highest BCUT2D eigenvalue weighted by atomic mass is 19.1. The first-order chi connectivity index (χ1) is 7.40. The van der Waals surface area contributed by atoms with Gasteiger partial charge in [0.25, 0.3) is 6.04 Å². The fourth-order valence-electron chi connectivity index (χ4n) is 2.42. The molecule has 1 aliphatic carbocycles. The summed E-state index contributed by atoms with van der Waals surface area (Å²) >= 11 is 0. The molecule has 0 spiro atoms. The largest absolute Gasteiger partial charge is 0.270 e. The molecular formula is C12H18FNO2. The maximum absolute atomic E-state index is 13.9. The van der Waals surface area contributed by atoms with E-state index in [1.54, 1.807) is 6.08 Å². The average Bonchev–Trinajstić information content (AvgIpc) is 2.19. The van der Waals surface area contributed by atoms with Crippen molar-refractivity contribution in [3.05, 3.63) is 33.2 Å². The van der Waals surface area contributed by atoms with E-state index in [9.17, 15) is 14.5 Å². The van der Waals surface area contributed by atoms with Gasteiger partial charge in [-0.3, -0.25) is 10.1 Å². The summed E-state index contributed by atoms with van der Waals surface area (Å²) in [6.07, 6.45) is 2.26. The van der Waals surface area contributed by atoms with Crippen molar-refractivity contribution in [2.75, 3.05) is 0 Å². The summed E-state index contributed by atoms with van der Waals surface area (Å²) in [5.41, 5.74) is 1.38. The molecule has 0 bridgehead atoms. The zero-order valence-corrected chi connectivity index (χ0v) is 10.2. The number of nitro groups is 1. The van der Waals surface area contributed by atoms with E-state index in [-0.39, 0.29) is 11.8 Å². The lowest BCUT2D eigenvalue weighted by molar-refractivity contribution is -0.524. The van der Waals surface area contributed by atoms with Crippen LogP contribution in [0.5, 0.6) is 0 Å². The molecule has 0 heterocycles. The first-order valence-corrected chi connectivity index (χ1v) is 5.60.